The van der Waals surface area contributed by atoms with Crippen LogP contribution in [0, 0.1) is 20.8 Å². The lowest BCUT2D eigenvalue weighted by Crippen LogP contribution is -2.42. The van der Waals surface area contributed by atoms with Crippen LogP contribution in [0.25, 0.3) is 0 Å². The van der Waals surface area contributed by atoms with Crippen LogP contribution in [0.5, 0.6) is 0 Å². The molecule has 0 bridgehead atoms. The molecule has 0 unspecified atom stereocenters. The van der Waals surface area contributed by atoms with Gasteiger partial charge >= 0.3 is 5.97 Å². The van der Waals surface area contributed by atoms with Crippen molar-refractivity contribution in [2.75, 3.05) is 62.9 Å². The second-order valence-corrected chi connectivity index (χ2v) is 19.2. The molecule has 0 saturated heterocycles. The van der Waals surface area contributed by atoms with Crippen LogP contribution in [-0.4, -0.2) is 160 Å². The number of carboxylic acid groups (broad SMARTS) is 1. The molecular formula is C60H92N6O9. The van der Waals surface area contributed by atoms with Gasteiger partial charge < -0.3 is 36.4 Å². The van der Waals surface area contributed by atoms with Gasteiger partial charge in [-0.25, -0.2) is 4.79 Å². The number of ketones is 6. The molecule has 0 heterocycles. The first-order valence-corrected chi connectivity index (χ1v) is 25.2. The number of aromatic carboxylic acids is 1. The number of benzene rings is 4. The van der Waals surface area contributed by atoms with E-state index in [1.165, 1.54) is 47.2 Å². The zero-order chi connectivity index (χ0) is 58.0. The van der Waals surface area contributed by atoms with Crippen molar-refractivity contribution >= 4 is 40.7 Å². The maximum Gasteiger partial charge on any atom is 0.335 e. The molecular weight excluding hydrogens is 949 g/mol. The highest BCUT2D eigenvalue weighted by atomic mass is 16.4. The predicted octanol–water partition coefficient (Wildman–Crippen LogP) is 6.27. The average Bonchev–Trinajstić information content (AvgIpc) is 3.32. The van der Waals surface area contributed by atoms with Gasteiger partial charge in [-0.1, -0.05) is 96.1 Å². The summed E-state index contributed by atoms with van der Waals surface area (Å²) in [6, 6.07) is 30.5. The summed E-state index contributed by atoms with van der Waals surface area (Å²) in [6.45, 7) is 17.8. The Morgan fingerprint density at radius 3 is 1.19 bits per heavy atom. The van der Waals surface area contributed by atoms with Gasteiger partial charge in [-0.15, -0.1) is 0 Å². The number of aliphatic hydroxyl groups is 1. The lowest BCUT2D eigenvalue weighted by atomic mass is 9.99. The smallest absolute Gasteiger partial charge is 0.335 e. The fraction of sp³-hybridized carbons (Fsp3) is 0.483. The molecule has 4 aromatic carbocycles. The standard InChI is InChI=1S/C12H15NO3.3C12H17NO.C7H15NO2.C5H11NO/c1-8(14)11(13-2)7-9-3-5-10(6-4-9)12(15)16;1-9-4-6-11(7-5-9)8-12(13-3)10(2)14;1-9-5-4-6-11(7-9)8-12(13-3)10(2)14;1-9-6-4-5-7-11(9)8-12(13-3)10(2)14;1-5(9)7(6(2)10)8(3)4;1-5(7)4-6(2)3/h3-6,11,13H,7H2,1-2H3,(H,15,16);3*4-7,12-13H,8H2,1-3H3;5,7,9H,1-4H3;4H2,1-3H3/t11-;3*12-;5-,7+;/m00001./s1. The first-order valence-electron chi connectivity index (χ1n) is 25.2. The molecule has 0 aromatic heterocycles. The second kappa shape index (κ2) is 39.5. The number of hydrogen-bond donors (Lipinski definition) is 6. The van der Waals surface area contributed by atoms with Gasteiger partial charge in [-0.05, 0) is 191 Å². The second-order valence-electron chi connectivity index (χ2n) is 19.2. The molecule has 15 nitrogen and oxygen atoms in total. The monoisotopic (exact) mass is 1040 g/mol. The van der Waals surface area contributed by atoms with Gasteiger partial charge in [-0.3, -0.25) is 33.7 Å². The van der Waals surface area contributed by atoms with Crippen LogP contribution in [0.4, 0.5) is 0 Å². The molecule has 6 N–H and O–H groups in total. The molecule has 75 heavy (non-hydrogen) atoms. The summed E-state index contributed by atoms with van der Waals surface area (Å²) in [5.41, 5.74) is 8.58. The number of hydrogen-bond acceptors (Lipinski definition) is 14. The molecule has 0 radical (unpaired) electrons. The third-order valence-corrected chi connectivity index (χ3v) is 11.7. The molecule has 0 fully saturated rings. The molecule has 0 aliphatic heterocycles. The highest BCUT2D eigenvalue weighted by Gasteiger charge is 2.21. The normalized spacial score (nSPS) is 12.8. The number of carbonyl (C=O) groups excluding carboxylic acids is 6. The highest BCUT2D eigenvalue weighted by molar-refractivity contribution is 5.87. The Morgan fingerprint density at radius 1 is 0.493 bits per heavy atom. The van der Waals surface area contributed by atoms with E-state index in [2.05, 4.69) is 96.6 Å². The van der Waals surface area contributed by atoms with E-state index in [4.69, 9.17) is 10.2 Å². The van der Waals surface area contributed by atoms with Gasteiger partial charge in [0.1, 0.15) is 34.7 Å². The van der Waals surface area contributed by atoms with Crippen LogP contribution < -0.4 is 21.3 Å². The van der Waals surface area contributed by atoms with Crippen LogP contribution in [0.1, 0.15) is 97.8 Å². The van der Waals surface area contributed by atoms with Crippen molar-refractivity contribution in [3.63, 3.8) is 0 Å². The fourth-order valence-corrected chi connectivity index (χ4v) is 7.49. The van der Waals surface area contributed by atoms with Crippen molar-refractivity contribution < 1.29 is 43.8 Å². The van der Waals surface area contributed by atoms with E-state index in [9.17, 15) is 33.6 Å². The number of aryl methyl sites for hydroxylation is 3. The van der Waals surface area contributed by atoms with Crippen LogP contribution in [0.15, 0.2) is 97.1 Å². The van der Waals surface area contributed by atoms with E-state index in [0.29, 0.717) is 13.0 Å². The van der Waals surface area contributed by atoms with Gasteiger partial charge in [0.05, 0.1) is 48.4 Å². The Hall–Kier alpha value is -5.91. The fourth-order valence-electron chi connectivity index (χ4n) is 7.49. The number of likely N-dealkylation sites (N-methyl/N-ethyl adjacent to an activating group) is 6. The summed E-state index contributed by atoms with van der Waals surface area (Å²) in [5, 5.41) is 29.8. The van der Waals surface area contributed by atoms with E-state index in [1.54, 1.807) is 84.9 Å². The van der Waals surface area contributed by atoms with Gasteiger partial charge in [0.15, 0.2) is 0 Å². The third kappa shape index (κ3) is 32.9. The Labute approximate surface area is 449 Å². The molecule has 0 saturated carbocycles. The SMILES string of the molecule is CC(=O)CN(C)C.CC(=O)[C@H]([C@@H](C)O)N(C)C.CN[C@@H](Cc1ccc(C(=O)O)cc1)C(C)=O.CN[C@@H](Cc1ccc(C)cc1)C(C)=O.CN[C@@H](Cc1cccc(C)c1)C(C)=O.CN[C@@H](Cc1ccccc1C)C(C)=O. The van der Waals surface area contributed by atoms with E-state index in [0.717, 1.165) is 24.8 Å². The van der Waals surface area contributed by atoms with E-state index in [-0.39, 0.29) is 70.5 Å². The molecule has 4 aromatic rings. The topological polar surface area (TPSA) is 215 Å². The van der Waals surface area contributed by atoms with Crippen molar-refractivity contribution in [2.24, 2.45) is 0 Å². The zero-order valence-electron chi connectivity index (χ0n) is 48.4. The minimum Gasteiger partial charge on any atom is -0.478 e. The predicted molar refractivity (Wildman–Crippen MR) is 305 cm³/mol. The summed E-state index contributed by atoms with van der Waals surface area (Å²) in [7, 11) is 14.5. The number of rotatable bonds is 22. The van der Waals surface area contributed by atoms with Gasteiger partial charge in [0, 0.05) is 0 Å². The Bertz CT molecular complexity index is 2310. The van der Waals surface area contributed by atoms with Crippen molar-refractivity contribution in [3.8, 4) is 0 Å². The minimum absolute atomic E-state index is 0.000000000000000666. The van der Waals surface area contributed by atoms with E-state index in [1.807, 2.05) is 58.3 Å². The molecule has 416 valence electrons. The summed E-state index contributed by atoms with van der Waals surface area (Å²) >= 11 is 0. The maximum absolute atomic E-state index is 11.2. The summed E-state index contributed by atoms with van der Waals surface area (Å²) in [5.74, 6) is -0.0871. The first-order chi connectivity index (χ1) is 35.0. The molecule has 0 aliphatic carbocycles. The molecule has 4 rings (SSSR count). The maximum atomic E-state index is 11.2. The first kappa shape index (κ1) is 71.2. The van der Waals surface area contributed by atoms with Crippen LogP contribution in [0.2, 0.25) is 0 Å². The molecule has 0 spiro atoms. The molecule has 0 aliphatic rings. The van der Waals surface area contributed by atoms with Gasteiger partial charge in [0.25, 0.3) is 0 Å². The number of aliphatic hydroxyl groups excluding tert-OH is 1. The zero-order valence-corrected chi connectivity index (χ0v) is 48.4. The minimum atomic E-state index is -0.941. The average molecular weight is 1040 g/mol. The van der Waals surface area contributed by atoms with Crippen LogP contribution in [-0.2, 0) is 54.5 Å². The molecule has 6 atom stereocenters. The number of nitrogens with one attached hydrogen (secondary N) is 4. The summed E-state index contributed by atoms with van der Waals surface area (Å²) in [6.07, 6.45) is 2.30. The number of Topliss-reactive ketones (excluding diaryl/α,β-unsaturated/α-hetero) is 6. The van der Waals surface area contributed by atoms with Crippen molar-refractivity contribution in [1.29, 1.82) is 0 Å². The van der Waals surface area contributed by atoms with Crippen molar-refractivity contribution in [3.05, 3.63) is 142 Å². The largest absolute Gasteiger partial charge is 0.478 e. The molecule has 15 heteroatoms. The molecule has 0 amide bonds. The van der Waals surface area contributed by atoms with Crippen molar-refractivity contribution in [1.82, 2.24) is 31.1 Å². The summed E-state index contributed by atoms with van der Waals surface area (Å²) < 4.78 is 0. The Balaban J connectivity index is 0. The van der Waals surface area contributed by atoms with Crippen LogP contribution in [0.3, 0.4) is 0 Å². The quantitative estimate of drug-likeness (QED) is 0.0512. The summed E-state index contributed by atoms with van der Waals surface area (Å²) in [4.78, 5) is 80.0. The van der Waals surface area contributed by atoms with E-state index >= 15 is 0 Å². The number of nitrogens with zero attached hydrogens (tertiary/aromatic N) is 2. The Morgan fingerprint density at radius 2 is 0.893 bits per heavy atom. The lowest BCUT2D eigenvalue weighted by molar-refractivity contribution is -0.124. The third-order valence-electron chi connectivity index (χ3n) is 11.7. The Kier molecular flexibility index (Phi) is 37.5. The number of carbonyl (C=O) groups is 7. The lowest BCUT2D eigenvalue weighted by Gasteiger charge is -2.23. The highest BCUT2D eigenvalue weighted by Crippen LogP contribution is 2.12. The van der Waals surface area contributed by atoms with E-state index < -0.39 is 12.1 Å². The van der Waals surface area contributed by atoms with Crippen molar-refractivity contribution in [2.45, 2.75) is 131 Å². The number of carboxylic acids is 1. The van der Waals surface area contributed by atoms with Crippen LogP contribution >= 0.6 is 0 Å². The van der Waals surface area contributed by atoms with Gasteiger partial charge in [0.2, 0.25) is 0 Å². The van der Waals surface area contributed by atoms with Gasteiger partial charge in [-0.2, -0.15) is 0 Å².